The first-order chi connectivity index (χ1) is 8.42. The van der Waals surface area contributed by atoms with E-state index in [-0.39, 0.29) is 6.54 Å². The number of hydrogen-bond acceptors (Lipinski definition) is 4. The molecule has 18 heavy (non-hydrogen) atoms. The zero-order chi connectivity index (χ0) is 13.6. The van der Waals surface area contributed by atoms with Gasteiger partial charge in [0.25, 0.3) is 0 Å². The minimum atomic E-state index is -4.06. The largest absolute Gasteiger partial charge is 0.390 e. The average Bonchev–Trinajstić information content (AvgIpc) is 2.29. The quantitative estimate of drug-likeness (QED) is 0.650. The molecule has 1 unspecified atom stereocenters. The van der Waals surface area contributed by atoms with Crippen molar-refractivity contribution < 1.29 is 27.4 Å². The predicted octanol–water partition coefficient (Wildman–Crippen LogP) is 0.169. The maximum absolute atomic E-state index is 12.5. The Labute approximate surface area is 103 Å². The Hall–Kier alpha value is -0.440. The maximum Gasteiger partial charge on any atom is 0.319 e. The van der Waals surface area contributed by atoms with E-state index in [0.717, 1.165) is 0 Å². The number of rotatable bonds is 7. The molecule has 0 saturated carbocycles. The van der Waals surface area contributed by atoms with Gasteiger partial charge in [-0.15, -0.1) is 0 Å². The van der Waals surface area contributed by atoms with Crippen LogP contribution < -0.4 is 5.32 Å². The fourth-order valence-corrected chi connectivity index (χ4v) is 1.63. The third kappa shape index (κ3) is 5.47. The fourth-order valence-electron chi connectivity index (χ4n) is 1.63. The molecule has 0 aromatic carbocycles. The molecule has 1 aliphatic heterocycles. The minimum Gasteiger partial charge on any atom is -0.390 e. The Kier molecular flexibility index (Phi) is 6.27. The van der Waals surface area contributed by atoms with E-state index in [1.165, 1.54) is 0 Å². The summed E-state index contributed by atoms with van der Waals surface area (Å²) in [5.41, 5.74) is 0. The minimum absolute atomic E-state index is 0.139. The molecule has 1 aliphatic rings. The molecular weight excluding hydrogens is 256 g/mol. The van der Waals surface area contributed by atoms with Crippen LogP contribution >= 0.6 is 0 Å². The third-order valence-corrected chi connectivity index (χ3v) is 2.63. The highest BCUT2D eigenvalue weighted by atomic mass is 19.3. The van der Waals surface area contributed by atoms with E-state index in [1.54, 1.807) is 0 Å². The SMILES string of the molecule is OC(CNCC(F)(F)C(F)F)CN1CCOCC1. The summed E-state index contributed by atoms with van der Waals surface area (Å²) in [7, 11) is 0. The van der Waals surface area contributed by atoms with Crippen LogP contribution in [0.3, 0.4) is 0 Å². The lowest BCUT2D eigenvalue weighted by Gasteiger charge is -2.28. The lowest BCUT2D eigenvalue weighted by atomic mass is 10.3. The number of morpholine rings is 1. The zero-order valence-electron chi connectivity index (χ0n) is 9.92. The van der Waals surface area contributed by atoms with Gasteiger partial charge in [-0.3, -0.25) is 4.90 Å². The molecule has 4 nitrogen and oxygen atoms in total. The molecule has 8 heteroatoms. The summed E-state index contributed by atoms with van der Waals surface area (Å²) in [6.07, 6.45) is -4.56. The van der Waals surface area contributed by atoms with Crippen LogP contribution in [0.1, 0.15) is 0 Å². The molecule has 108 valence electrons. The Morgan fingerprint density at radius 3 is 2.44 bits per heavy atom. The highest BCUT2D eigenvalue weighted by Gasteiger charge is 2.40. The number of nitrogens with zero attached hydrogens (tertiary/aromatic N) is 1. The normalized spacial score (nSPS) is 20.3. The van der Waals surface area contributed by atoms with Gasteiger partial charge >= 0.3 is 12.3 Å². The van der Waals surface area contributed by atoms with Crippen molar-refractivity contribution in [1.82, 2.24) is 10.2 Å². The lowest BCUT2D eigenvalue weighted by molar-refractivity contribution is -0.125. The summed E-state index contributed by atoms with van der Waals surface area (Å²) in [6.45, 7) is 1.53. The van der Waals surface area contributed by atoms with E-state index in [2.05, 4.69) is 5.32 Å². The molecule has 0 amide bonds. The van der Waals surface area contributed by atoms with Gasteiger partial charge < -0.3 is 15.2 Å². The highest BCUT2D eigenvalue weighted by Crippen LogP contribution is 2.21. The molecular formula is C10H18F4N2O2. The Bertz CT molecular complexity index is 238. The molecule has 1 fully saturated rings. The molecule has 0 aromatic heterocycles. The lowest BCUT2D eigenvalue weighted by Crippen LogP contribution is -2.46. The summed E-state index contributed by atoms with van der Waals surface area (Å²) >= 11 is 0. The second-order valence-electron chi connectivity index (χ2n) is 4.26. The van der Waals surface area contributed by atoms with E-state index in [9.17, 15) is 22.7 Å². The van der Waals surface area contributed by atoms with Gasteiger partial charge in [0.15, 0.2) is 0 Å². The number of halogens is 4. The second kappa shape index (κ2) is 7.22. The molecule has 0 aromatic rings. The summed E-state index contributed by atoms with van der Waals surface area (Å²) < 4.78 is 53.9. The summed E-state index contributed by atoms with van der Waals surface area (Å²) in [5, 5.41) is 11.7. The maximum atomic E-state index is 12.5. The first kappa shape index (κ1) is 15.6. The standard InChI is InChI=1S/C10H18F4N2O2/c11-9(12)10(13,14)7-15-5-8(17)6-16-1-3-18-4-2-16/h8-9,15,17H,1-7H2. The number of ether oxygens (including phenoxy) is 1. The second-order valence-corrected chi connectivity index (χ2v) is 4.26. The molecule has 0 bridgehead atoms. The Balaban J connectivity index is 2.14. The Morgan fingerprint density at radius 2 is 1.89 bits per heavy atom. The number of alkyl halides is 4. The zero-order valence-corrected chi connectivity index (χ0v) is 9.92. The van der Waals surface area contributed by atoms with Gasteiger partial charge in [-0.2, -0.15) is 8.78 Å². The number of aliphatic hydroxyl groups excluding tert-OH is 1. The third-order valence-electron chi connectivity index (χ3n) is 2.63. The van der Waals surface area contributed by atoms with Crippen LogP contribution in [0.4, 0.5) is 17.6 Å². The van der Waals surface area contributed by atoms with Crippen molar-refractivity contribution in [2.45, 2.75) is 18.5 Å². The number of hydrogen-bond donors (Lipinski definition) is 2. The van der Waals surface area contributed by atoms with Gasteiger partial charge in [-0.1, -0.05) is 0 Å². The van der Waals surface area contributed by atoms with Crippen LogP contribution in [-0.2, 0) is 4.74 Å². The highest BCUT2D eigenvalue weighted by molar-refractivity contribution is 4.75. The predicted molar refractivity (Wildman–Crippen MR) is 57.1 cm³/mol. The number of nitrogens with one attached hydrogen (secondary N) is 1. The number of β-amino-alcohol motifs (C(OH)–C–C–N with tert-alkyl or cyclic N) is 1. The van der Waals surface area contributed by atoms with Crippen LogP contribution in [0.25, 0.3) is 0 Å². The van der Waals surface area contributed by atoms with Crippen LogP contribution in [0.15, 0.2) is 0 Å². The fraction of sp³-hybridized carbons (Fsp3) is 1.00. The smallest absolute Gasteiger partial charge is 0.319 e. The van der Waals surface area contributed by atoms with Gasteiger partial charge in [0.05, 0.1) is 25.9 Å². The van der Waals surface area contributed by atoms with Crippen molar-refractivity contribution in [2.75, 3.05) is 45.9 Å². The molecule has 1 heterocycles. The van der Waals surface area contributed by atoms with E-state index in [4.69, 9.17) is 4.74 Å². The van der Waals surface area contributed by atoms with Gasteiger partial charge in [-0.25, -0.2) is 8.78 Å². The van der Waals surface area contributed by atoms with E-state index in [0.29, 0.717) is 32.8 Å². The Morgan fingerprint density at radius 1 is 1.28 bits per heavy atom. The number of aliphatic hydroxyl groups is 1. The van der Waals surface area contributed by atoms with Crippen molar-refractivity contribution in [3.8, 4) is 0 Å². The first-order valence-corrected chi connectivity index (χ1v) is 5.76. The first-order valence-electron chi connectivity index (χ1n) is 5.76. The van der Waals surface area contributed by atoms with Crippen LogP contribution in [0, 0.1) is 0 Å². The van der Waals surface area contributed by atoms with Crippen molar-refractivity contribution in [2.24, 2.45) is 0 Å². The van der Waals surface area contributed by atoms with Gasteiger partial charge in [0, 0.05) is 26.2 Å². The van der Waals surface area contributed by atoms with Crippen molar-refractivity contribution in [3.63, 3.8) is 0 Å². The van der Waals surface area contributed by atoms with Gasteiger partial charge in [0.1, 0.15) is 0 Å². The van der Waals surface area contributed by atoms with Crippen molar-refractivity contribution in [3.05, 3.63) is 0 Å². The molecule has 0 aliphatic carbocycles. The topological polar surface area (TPSA) is 44.7 Å². The van der Waals surface area contributed by atoms with E-state index < -0.39 is 25.0 Å². The van der Waals surface area contributed by atoms with E-state index in [1.807, 2.05) is 4.90 Å². The summed E-state index contributed by atoms with van der Waals surface area (Å²) in [4.78, 5) is 1.93. The molecule has 1 atom stereocenters. The van der Waals surface area contributed by atoms with Gasteiger partial charge in [-0.05, 0) is 0 Å². The molecule has 2 N–H and O–H groups in total. The summed E-state index contributed by atoms with van der Waals surface area (Å²) in [5.74, 6) is -4.06. The monoisotopic (exact) mass is 274 g/mol. The molecule has 1 rings (SSSR count). The molecule has 0 radical (unpaired) electrons. The van der Waals surface area contributed by atoms with Crippen LogP contribution in [-0.4, -0.2) is 74.4 Å². The van der Waals surface area contributed by atoms with Gasteiger partial charge in [0.2, 0.25) is 0 Å². The van der Waals surface area contributed by atoms with Crippen LogP contribution in [0.2, 0.25) is 0 Å². The summed E-state index contributed by atoms with van der Waals surface area (Å²) in [6, 6.07) is 0. The molecule has 1 saturated heterocycles. The van der Waals surface area contributed by atoms with Crippen molar-refractivity contribution >= 4 is 0 Å². The van der Waals surface area contributed by atoms with Crippen molar-refractivity contribution in [1.29, 1.82) is 0 Å². The van der Waals surface area contributed by atoms with Crippen LogP contribution in [0.5, 0.6) is 0 Å². The average molecular weight is 274 g/mol. The van der Waals surface area contributed by atoms with E-state index >= 15 is 0 Å². The molecule has 0 spiro atoms.